The van der Waals surface area contributed by atoms with Crippen molar-refractivity contribution in [3.8, 4) is 0 Å². The minimum atomic E-state index is -0.145. The number of H-pyrrole nitrogens is 1. The second kappa shape index (κ2) is 6.90. The van der Waals surface area contributed by atoms with E-state index in [1.54, 1.807) is 6.20 Å². The molecule has 4 rings (SSSR count). The number of hydrogen-bond acceptors (Lipinski definition) is 4. The molecule has 1 saturated heterocycles. The summed E-state index contributed by atoms with van der Waals surface area (Å²) in [6.07, 6.45) is 3.68. The predicted octanol–water partition coefficient (Wildman–Crippen LogP) is 0.915. The summed E-state index contributed by atoms with van der Waals surface area (Å²) in [4.78, 5) is 22.4. The van der Waals surface area contributed by atoms with Gasteiger partial charge in [0.25, 0.3) is 5.91 Å². The Morgan fingerprint density at radius 2 is 2.08 bits per heavy atom. The second-order valence-electron chi connectivity index (χ2n) is 5.88. The smallest absolute Gasteiger partial charge is 0.363 e. The van der Waals surface area contributed by atoms with E-state index in [2.05, 4.69) is 20.2 Å². The first-order chi connectivity index (χ1) is 12.3. The number of hydrogen-bond donors (Lipinski definition) is 2. The number of anilines is 1. The van der Waals surface area contributed by atoms with Crippen LogP contribution < -0.4 is 14.6 Å². The van der Waals surface area contributed by atoms with Gasteiger partial charge in [-0.2, -0.15) is 0 Å². The molecule has 0 radical (unpaired) electrons. The van der Waals surface area contributed by atoms with Gasteiger partial charge in [0.1, 0.15) is 0 Å². The molecule has 7 nitrogen and oxygen atoms in total. The normalized spacial score (nSPS) is 14.6. The van der Waals surface area contributed by atoms with Gasteiger partial charge in [0.2, 0.25) is 5.69 Å². The molecule has 0 bridgehead atoms. The minimum absolute atomic E-state index is 0.145. The number of nitrogens with one attached hydrogen (secondary N) is 2. The van der Waals surface area contributed by atoms with Crippen molar-refractivity contribution in [2.45, 2.75) is 6.54 Å². The molecule has 0 aromatic carbocycles. The fraction of sp³-hybridized carbons (Fsp3) is 0.278. The fourth-order valence-corrected chi connectivity index (χ4v) is 3.01. The Morgan fingerprint density at radius 1 is 1.24 bits per heavy atom. The molecule has 4 heterocycles. The van der Waals surface area contributed by atoms with Crippen molar-refractivity contribution in [1.29, 1.82) is 0 Å². The number of ether oxygens (including phenoxy) is 1. The molecule has 0 spiro atoms. The third-order valence-electron chi connectivity index (χ3n) is 4.27. The monoisotopic (exact) mass is 338 g/mol. The summed E-state index contributed by atoms with van der Waals surface area (Å²) in [5, 5.41) is 2.93. The number of imidazole rings is 1. The zero-order chi connectivity index (χ0) is 17.1. The van der Waals surface area contributed by atoms with Crippen molar-refractivity contribution in [2.24, 2.45) is 0 Å². The van der Waals surface area contributed by atoms with Crippen LogP contribution in [0.15, 0.2) is 48.8 Å². The Balaban J connectivity index is 1.61. The first-order valence-corrected chi connectivity index (χ1v) is 8.36. The molecular formula is C18H20N5O2+. The zero-order valence-corrected chi connectivity index (χ0v) is 13.8. The number of carbonyl (C=O) groups excluding carboxylic acids is 1. The molecule has 1 amide bonds. The molecule has 25 heavy (non-hydrogen) atoms. The molecule has 3 aromatic rings. The van der Waals surface area contributed by atoms with Gasteiger partial charge in [-0.25, -0.2) is 9.38 Å². The number of fused-ring (bicyclic) bond motifs is 1. The highest BCUT2D eigenvalue weighted by molar-refractivity contribution is 5.98. The van der Waals surface area contributed by atoms with Crippen LogP contribution in [0.4, 0.5) is 5.95 Å². The number of nitrogens with zero attached hydrogens (tertiary/aromatic N) is 3. The van der Waals surface area contributed by atoms with Crippen molar-refractivity contribution < 1.29 is 13.9 Å². The first-order valence-electron chi connectivity index (χ1n) is 8.36. The Bertz CT molecular complexity index is 872. The lowest BCUT2D eigenvalue weighted by atomic mass is 10.3. The van der Waals surface area contributed by atoms with Crippen LogP contribution in [-0.4, -0.2) is 42.2 Å². The van der Waals surface area contributed by atoms with E-state index in [-0.39, 0.29) is 5.91 Å². The lowest BCUT2D eigenvalue weighted by Crippen LogP contribution is -2.41. The Kier molecular flexibility index (Phi) is 4.30. The predicted molar refractivity (Wildman–Crippen MR) is 92.4 cm³/mol. The second-order valence-corrected chi connectivity index (χ2v) is 5.88. The van der Waals surface area contributed by atoms with Gasteiger partial charge in [0.15, 0.2) is 5.52 Å². The van der Waals surface area contributed by atoms with E-state index in [4.69, 9.17) is 4.74 Å². The van der Waals surface area contributed by atoms with Crippen LogP contribution >= 0.6 is 0 Å². The lowest BCUT2D eigenvalue weighted by molar-refractivity contribution is -0.497. The van der Waals surface area contributed by atoms with Crippen LogP contribution in [0.25, 0.3) is 5.52 Å². The summed E-state index contributed by atoms with van der Waals surface area (Å²) in [7, 11) is 0. The fourth-order valence-electron chi connectivity index (χ4n) is 3.01. The molecule has 128 valence electrons. The number of aromatic amines is 1. The molecule has 3 aromatic heterocycles. The van der Waals surface area contributed by atoms with Gasteiger partial charge in [-0.05, 0) is 24.3 Å². The Labute approximate surface area is 145 Å². The van der Waals surface area contributed by atoms with E-state index in [1.807, 2.05) is 47.0 Å². The van der Waals surface area contributed by atoms with Crippen molar-refractivity contribution in [3.05, 3.63) is 60.2 Å². The Hall–Kier alpha value is -2.93. The lowest BCUT2D eigenvalue weighted by Gasteiger charge is -2.21. The maximum Gasteiger partial charge on any atom is 0.363 e. The van der Waals surface area contributed by atoms with Crippen LogP contribution in [-0.2, 0) is 11.3 Å². The third-order valence-corrected chi connectivity index (χ3v) is 4.27. The Morgan fingerprint density at radius 3 is 2.88 bits per heavy atom. The van der Waals surface area contributed by atoms with Gasteiger partial charge in [-0.3, -0.25) is 14.7 Å². The number of morpholine rings is 1. The average molecular weight is 338 g/mol. The van der Waals surface area contributed by atoms with Gasteiger partial charge >= 0.3 is 5.95 Å². The largest absolute Gasteiger partial charge is 0.375 e. The maximum atomic E-state index is 12.7. The highest BCUT2D eigenvalue weighted by Gasteiger charge is 2.27. The average Bonchev–Trinajstić information content (AvgIpc) is 3.07. The summed E-state index contributed by atoms with van der Waals surface area (Å²) in [6.45, 7) is 3.37. The zero-order valence-electron chi connectivity index (χ0n) is 13.8. The van der Waals surface area contributed by atoms with Gasteiger partial charge in [0, 0.05) is 6.20 Å². The van der Waals surface area contributed by atoms with Crippen LogP contribution in [0.2, 0.25) is 0 Å². The highest BCUT2D eigenvalue weighted by atomic mass is 16.5. The van der Waals surface area contributed by atoms with E-state index in [9.17, 15) is 4.79 Å². The molecule has 0 atom stereocenters. The van der Waals surface area contributed by atoms with Crippen molar-refractivity contribution >= 4 is 17.4 Å². The van der Waals surface area contributed by atoms with Gasteiger partial charge in [-0.1, -0.05) is 12.1 Å². The first kappa shape index (κ1) is 15.6. The molecule has 0 saturated carbocycles. The molecule has 0 unspecified atom stereocenters. The summed E-state index contributed by atoms with van der Waals surface area (Å²) in [5.74, 6) is 0.760. The van der Waals surface area contributed by atoms with Crippen LogP contribution in [0.3, 0.4) is 0 Å². The van der Waals surface area contributed by atoms with Crippen LogP contribution in [0.1, 0.15) is 16.2 Å². The van der Waals surface area contributed by atoms with E-state index in [0.717, 1.165) is 30.2 Å². The van der Waals surface area contributed by atoms with E-state index in [1.165, 1.54) is 0 Å². The topological polar surface area (TPSA) is 74.3 Å². The number of rotatable bonds is 4. The number of pyridine rings is 2. The molecular weight excluding hydrogens is 318 g/mol. The quantitative estimate of drug-likeness (QED) is 0.694. The number of carbonyl (C=O) groups is 1. The molecule has 1 aliphatic heterocycles. The van der Waals surface area contributed by atoms with E-state index < -0.39 is 0 Å². The van der Waals surface area contributed by atoms with Gasteiger partial charge in [-0.15, -0.1) is 0 Å². The minimum Gasteiger partial charge on any atom is -0.375 e. The van der Waals surface area contributed by atoms with Crippen molar-refractivity contribution in [3.63, 3.8) is 0 Å². The summed E-state index contributed by atoms with van der Waals surface area (Å²) in [5.41, 5.74) is 2.23. The molecule has 1 aliphatic rings. The number of aromatic nitrogens is 3. The van der Waals surface area contributed by atoms with Gasteiger partial charge in [0.05, 0.1) is 44.7 Å². The summed E-state index contributed by atoms with van der Waals surface area (Å²) < 4.78 is 7.44. The number of amides is 1. The molecule has 1 fully saturated rings. The molecule has 7 heteroatoms. The van der Waals surface area contributed by atoms with E-state index >= 15 is 0 Å². The highest BCUT2D eigenvalue weighted by Crippen LogP contribution is 2.15. The molecule has 2 N–H and O–H groups in total. The summed E-state index contributed by atoms with van der Waals surface area (Å²) in [6, 6.07) is 11.5. The van der Waals surface area contributed by atoms with Crippen LogP contribution in [0, 0.1) is 0 Å². The van der Waals surface area contributed by atoms with Gasteiger partial charge < -0.3 is 10.1 Å². The SMILES string of the molecule is O=C(NCc1ccccn1)c1[nH]c(N2CCOCC2)[n+]2ccccc12. The summed E-state index contributed by atoms with van der Waals surface area (Å²) >= 11 is 0. The van der Waals surface area contributed by atoms with Crippen molar-refractivity contribution in [2.75, 3.05) is 31.2 Å². The molecule has 0 aliphatic carbocycles. The third kappa shape index (κ3) is 3.18. The standard InChI is InChI=1S/C18H19N5O2/c24-17(20-13-14-5-1-3-7-19-14)16-15-6-2-4-8-23(15)18(21-16)22-9-11-25-12-10-22/h1-8H,9-13H2,(H,20,24)/p+1. The maximum absolute atomic E-state index is 12.7. The van der Waals surface area contributed by atoms with Crippen molar-refractivity contribution in [1.82, 2.24) is 15.3 Å². The van der Waals surface area contributed by atoms with E-state index in [0.29, 0.717) is 25.5 Å². The van der Waals surface area contributed by atoms with Crippen LogP contribution in [0.5, 0.6) is 0 Å².